The van der Waals surface area contributed by atoms with Crippen LogP contribution in [-0.2, 0) is 0 Å². The maximum atomic E-state index is 7.50. The number of benzene rings is 1. The van der Waals surface area contributed by atoms with Crippen LogP contribution in [0.3, 0.4) is 0 Å². The first kappa shape index (κ1) is 8.62. The molecule has 1 nitrogen and oxygen atoms in total. The third-order valence-corrected chi connectivity index (χ3v) is 2.28. The second-order valence-electron chi connectivity index (χ2n) is 2.01. The number of hydrogen-bond donors (Lipinski definition) is 1. The van der Waals surface area contributed by atoms with Gasteiger partial charge in [0, 0.05) is 5.56 Å². The first-order chi connectivity index (χ1) is 5.25. The highest BCUT2D eigenvalue weighted by atomic mass is 35.5. The van der Waals surface area contributed by atoms with Crippen molar-refractivity contribution in [2.24, 2.45) is 0 Å². The van der Waals surface area contributed by atoms with E-state index in [1.54, 1.807) is 6.07 Å². The zero-order chi connectivity index (χ0) is 8.27. The minimum Gasteiger partial charge on any atom is -0.293 e. The van der Waals surface area contributed by atoms with E-state index < -0.39 is 0 Å². The minimum atomic E-state index is 0.510. The van der Waals surface area contributed by atoms with Crippen molar-refractivity contribution in [1.82, 2.24) is 0 Å². The van der Waals surface area contributed by atoms with Gasteiger partial charge in [-0.15, -0.1) is 11.8 Å². The van der Waals surface area contributed by atoms with Gasteiger partial charge in [0.1, 0.15) is 0 Å². The Hall–Kier alpha value is -0.470. The molecule has 1 aromatic rings. The van der Waals surface area contributed by atoms with Crippen molar-refractivity contribution in [2.45, 2.75) is 0 Å². The Kier molecular flexibility index (Phi) is 2.97. The third kappa shape index (κ3) is 1.98. The number of thioether (sulfide) groups is 1. The Balaban J connectivity index is 3.03. The maximum Gasteiger partial charge on any atom is 0.0954 e. The monoisotopic (exact) mass is 185 g/mol. The highest BCUT2D eigenvalue weighted by Gasteiger charge is 2.02. The summed E-state index contributed by atoms with van der Waals surface area (Å²) in [6.45, 7) is 0. The lowest BCUT2D eigenvalue weighted by Crippen LogP contribution is -1.92. The van der Waals surface area contributed by atoms with Crippen molar-refractivity contribution in [3.8, 4) is 0 Å². The summed E-state index contributed by atoms with van der Waals surface area (Å²) >= 11 is 7.23. The molecule has 1 rings (SSSR count). The number of rotatable bonds is 1. The summed E-state index contributed by atoms with van der Waals surface area (Å²) in [6.07, 6.45) is 1.87. The number of hydrogen-bond acceptors (Lipinski definition) is 2. The van der Waals surface area contributed by atoms with Gasteiger partial charge in [-0.2, -0.15) is 0 Å². The second-order valence-corrected chi connectivity index (χ2v) is 3.24. The van der Waals surface area contributed by atoms with E-state index in [9.17, 15) is 0 Å². The standard InChI is InChI=1S/C8H8ClNS/c1-11-8(10)6-4-2-3-5-7(6)9/h2-5,10H,1H3. The lowest BCUT2D eigenvalue weighted by molar-refractivity contribution is 1.53. The molecular formula is C8H8ClNS. The first-order valence-corrected chi connectivity index (χ1v) is 4.73. The van der Waals surface area contributed by atoms with E-state index in [1.165, 1.54) is 11.8 Å². The average Bonchev–Trinajstić information content (AvgIpc) is 2.04. The lowest BCUT2D eigenvalue weighted by atomic mass is 10.2. The van der Waals surface area contributed by atoms with Crippen molar-refractivity contribution >= 4 is 28.4 Å². The van der Waals surface area contributed by atoms with E-state index in [2.05, 4.69) is 0 Å². The molecule has 0 heterocycles. The summed E-state index contributed by atoms with van der Waals surface area (Å²) in [4.78, 5) is 0. The van der Waals surface area contributed by atoms with Crippen LogP contribution < -0.4 is 0 Å². The molecule has 0 aliphatic carbocycles. The first-order valence-electron chi connectivity index (χ1n) is 3.13. The molecule has 0 amide bonds. The van der Waals surface area contributed by atoms with Crippen molar-refractivity contribution < 1.29 is 0 Å². The van der Waals surface area contributed by atoms with Crippen LogP contribution >= 0.6 is 23.4 Å². The molecule has 1 N–H and O–H groups in total. The van der Waals surface area contributed by atoms with Crippen molar-refractivity contribution in [1.29, 1.82) is 5.41 Å². The number of nitrogens with one attached hydrogen (secondary N) is 1. The van der Waals surface area contributed by atoms with Crippen LogP contribution in [0.2, 0.25) is 5.02 Å². The molecule has 1 aromatic carbocycles. The van der Waals surface area contributed by atoms with E-state index in [4.69, 9.17) is 17.0 Å². The van der Waals surface area contributed by atoms with Gasteiger partial charge in [0.25, 0.3) is 0 Å². The summed E-state index contributed by atoms with van der Waals surface area (Å²) < 4.78 is 0. The van der Waals surface area contributed by atoms with E-state index in [1.807, 2.05) is 24.5 Å². The van der Waals surface area contributed by atoms with Crippen LogP contribution in [0.4, 0.5) is 0 Å². The van der Waals surface area contributed by atoms with Gasteiger partial charge in [-0.1, -0.05) is 29.8 Å². The van der Waals surface area contributed by atoms with E-state index in [0.29, 0.717) is 10.1 Å². The molecule has 0 saturated carbocycles. The summed E-state index contributed by atoms with van der Waals surface area (Å²) in [6, 6.07) is 7.38. The SMILES string of the molecule is CSC(=N)c1ccccc1Cl. The fourth-order valence-electron chi connectivity index (χ4n) is 0.755. The molecule has 0 spiro atoms. The highest BCUT2D eigenvalue weighted by Crippen LogP contribution is 2.18. The Morgan fingerprint density at radius 1 is 1.45 bits per heavy atom. The fraction of sp³-hybridized carbons (Fsp3) is 0.125. The molecule has 58 valence electrons. The van der Waals surface area contributed by atoms with Crippen LogP contribution in [0, 0.1) is 5.41 Å². The highest BCUT2D eigenvalue weighted by molar-refractivity contribution is 8.13. The van der Waals surface area contributed by atoms with Crippen LogP contribution in [0.25, 0.3) is 0 Å². The predicted octanol–water partition coefficient (Wildman–Crippen LogP) is 3.03. The van der Waals surface area contributed by atoms with Gasteiger partial charge in [-0.3, -0.25) is 5.41 Å². The molecule has 0 fully saturated rings. The largest absolute Gasteiger partial charge is 0.293 e. The van der Waals surface area contributed by atoms with E-state index in [0.717, 1.165) is 5.56 Å². The predicted molar refractivity (Wildman–Crippen MR) is 51.8 cm³/mol. The normalized spacial score (nSPS) is 9.64. The molecule has 0 aromatic heterocycles. The van der Waals surface area contributed by atoms with Gasteiger partial charge in [-0.05, 0) is 12.3 Å². The molecule has 0 saturated heterocycles. The van der Waals surface area contributed by atoms with Crippen molar-refractivity contribution in [3.63, 3.8) is 0 Å². The quantitative estimate of drug-likeness (QED) is 0.528. The third-order valence-electron chi connectivity index (χ3n) is 1.32. The maximum absolute atomic E-state index is 7.50. The van der Waals surface area contributed by atoms with Crippen molar-refractivity contribution in [3.05, 3.63) is 34.9 Å². The summed E-state index contributed by atoms with van der Waals surface area (Å²) in [5.74, 6) is 0. The minimum absolute atomic E-state index is 0.510. The topological polar surface area (TPSA) is 23.9 Å². The van der Waals surface area contributed by atoms with Crippen LogP contribution in [-0.4, -0.2) is 11.3 Å². The van der Waals surface area contributed by atoms with Gasteiger partial charge in [0.15, 0.2) is 0 Å². The Bertz CT molecular complexity index is 273. The van der Waals surface area contributed by atoms with Crippen LogP contribution in [0.5, 0.6) is 0 Å². The molecule has 0 unspecified atom stereocenters. The summed E-state index contributed by atoms with van der Waals surface area (Å²) in [5.41, 5.74) is 0.807. The molecule has 11 heavy (non-hydrogen) atoms. The summed E-state index contributed by atoms with van der Waals surface area (Å²) in [5, 5.41) is 8.65. The zero-order valence-corrected chi connectivity index (χ0v) is 7.67. The molecule has 3 heteroatoms. The summed E-state index contributed by atoms with van der Waals surface area (Å²) in [7, 11) is 0. The van der Waals surface area contributed by atoms with Gasteiger partial charge in [-0.25, -0.2) is 0 Å². The van der Waals surface area contributed by atoms with Crippen LogP contribution in [0.1, 0.15) is 5.56 Å². The van der Waals surface area contributed by atoms with Crippen molar-refractivity contribution in [2.75, 3.05) is 6.26 Å². The Morgan fingerprint density at radius 2 is 2.09 bits per heavy atom. The van der Waals surface area contributed by atoms with E-state index >= 15 is 0 Å². The van der Waals surface area contributed by atoms with Crippen LogP contribution in [0.15, 0.2) is 24.3 Å². The smallest absolute Gasteiger partial charge is 0.0954 e. The second kappa shape index (κ2) is 3.79. The molecule has 0 bridgehead atoms. The van der Waals surface area contributed by atoms with Gasteiger partial charge in [0.05, 0.1) is 10.1 Å². The Morgan fingerprint density at radius 3 is 2.64 bits per heavy atom. The average molecular weight is 186 g/mol. The molecular weight excluding hydrogens is 178 g/mol. The van der Waals surface area contributed by atoms with E-state index in [-0.39, 0.29) is 0 Å². The number of halogens is 1. The lowest BCUT2D eigenvalue weighted by Gasteiger charge is -2.01. The zero-order valence-electron chi connectivity index (χ0n) is 6.10. The molecule has 0 radical (unpaired) electrons. The molecule has 0 aliphatic heterocycles. The molecule has 0 atom stereocenters. The van der Waals surface area contributed by atoms with Gasteiger partial charge >= 0.3 is 0 Å². The molecule has 0 aliphatic rings. The van der Waals surface area contributed by atoms with Gasteiger partial charge < -0.3 is 0 Å². The van der Waals surface area contributed by atoms with Gasteiger partial charge in [0.2, 0.25) is 0 Å². The fourth-order valence-corrected chi connectivity index (χ4v) is 1.44. The Labute approximate surface area is 75.3 Å².